The lowest BCUT2D eigenvalue weighted by molar-refractivity contribution is 0.0844. The van der Waals surface area contributed by atoms with Crippen molar-refractivity contribution >= 4 is 24.2 Å². The van der Waals surface area contributed by atoms with Gasteiger partial charge in [-0.3, -0.25) is 25.4 Å². The van der Waals surface area contributed by atoms with Crippen LogP contribution in [0.5, 0.6) is 0 Å². The molecule has 0 aliphatic rings. The molecule has 6 nitrogen and oxygen atoms in total. The molecular weight excluding hydrogens is 316 g/mol. The molecule has 2 aromatic rings. The number of nitrogens with one attached hydrogen (secondary N) is 2. The highest BCUT2D eigenvalue weighted by Crippen LogP contribution is 2.04. The maximum absolute atomic E-state index is 12.0. The summed E-state index contributed by atoms with van der Waals surface area (Å²) < 4.78 is 0. The van der Waals surface area contributed by atoms with Gasteiger partial charge >= 0.3 is 0 Å². The van der Waals surface area contributed by atoms with Crippen LogP contribution in [0.15, 0.2) is 42.7 Å². The van der Waals surface area contributed by atoms with Gasteiger partial charge < -0.3 is 0 Å². The molecule has 0 spiro atoms. The van der Waals surface area contributed by atoms with Gasteiger partial charge in [-0.2, -0.15) is 0 Å². The summed E-state index contributed by atoms with van der Waals surface area (Å²) in [5.74, 6) is -0.848. The highest BCUT2D eigenvalue weighted by Gasteiger charge is 2.10. The Morgan fingerprint density at radius 1 is 1.04 bits per heavy atom. The Kier molecular flexibility index (Phi) is 7.70. The third-order valence-electron chi connectivity index (χ3n) is 3.06. The summed E-state index contributed by atoms with van der Waals surface area (Å²) in [4.78, 5) is 31.9. The maximum Gasteiger partial charge on any atom is 0.288 e. The number of hydrogen-bond acceptors (Lipinski definition) is 4. The van der Waals surface area contributed by atoms with Crippen LogP contribution in [-0.4, -0.2) is 21.8 Å². The lowest BCUT2D eigenvalue weighted by Gasteiger charge is -2.07. The molecular formula is C16H19ClN4O2. The first kappa shape index (κ1) is 18.6. The molecule has 0 fully saturated rings. The summed E-state index contributed by atoms with van der Waals surface area (Å²) >= 11 is 0. The minimum Gasteiger partial charge on any atom is -0.267 e. The number of halogens is 1. The van der Waals surface area contributed by atoms with Crippen molar-refractivity contribution in [2.45, 2.75) is 26.2 Å². The van der Waals surface area contributed by atoms with Crippen molar-refractivity contribution in [3.05, 3.63) is 59.7 Å². The summed E-state index contributed by atoms with van der Waals surface area (Å²) in [5, 5.41) is 0. The molecule has 0 aliphatic carbocycles. The number of hydrazine groups is 1. The number of rotatable bonds is 5. The quantitative estimate of drug-likeness (QED) is 0.822. The Morgan fingerprint density at radius 3 is 2.43 bits per heavy atom. The van der Waals surface area contributed by atoms with Gasteiger partial charge in [0.15, 0.2) is 0 Å². The molecule has 0 saturated heterocycles. The highest BCUT2D eigenvalue weighted by atomic mass is 35.5. The Balaban J connectivity index is 0.00000264. The van der Waals surface area contributed by atoms with E-state index in [0.717, 1.165) is 25.0 Å². The molecule has 0 unspecified atom stereocenters. The summed E-state index contributed by atoms with van der Waals surface area (Å²) in [6.45, 7) is 2.10. The average Bonchev–Trinajstić information content (AvgIpc) is 2.58. The fourth-order valence-corrected chi connectivity index (χ4v) is 1.86. The number of hydrogen-bond donors (Lipinski definition) is 2. The number of unbranched alkanes of at least 4 members (excludes halogenated alkanes) is 1. The van der Waals surface area contributed by atoms with Gasteiger partial charge in [0, 0.05) is 23.7 Å². The Hall–Kier alpha value is -2.47. The fourth-order valence-electron chi connectivity index (χ4n) is 1.86. The van der Waals surface area contributed by atoms with Crippen LogP contribution in [0.2, 0.25) is 0 Å². The topological polar surface area (TPSA) is 84.0 Å². The van der Waals surface area contributed by atoms with E-state index in [0.29, 0.717) is 5.56 Å². The van der Waals surface area contributed by atoms with E-state index >= 15 is 0 Å². The SMILES string of the molecule is CCCCc1cccc(C(=O)NNC(=O)c2ccncc2)n1.Cl. The predicted octanol–water partition coefficient (Wildman–Crippen LogP) is 2.32. The summed E-state index contributed by atoms with van der Waals surface area (Å²) in [5.41, 5.74) is 6.28. The van der Waals surface area contributed by atoms with Crippen LogP contribution in [0.25, 0.3) is 0 Å². The molecule has 2 rings (SSSR count). The van der Waals surface area contributed by atoms with Crippen molar-refractivity contribution in [3.63, 3.8) is 0 Å². The Morgan fingerprint density at radius 2 is 1.74 bits per heavy atom. The van der Waals surface area contributed by atoms with E-state index in [4.69, 9.17) is 0 Å². The lowest BCUT2D eigenvalue weighted by atomic mass is 10.2. The normalized spacial score (nSPS) is 9.61. The molecule has 7 heteroatoms. The zero-order chi connectivity index (χ0) is 15.8. The molecule has 0 saturated carbocycles. The van der Waals surface area contributed by atoms with Gasteiger partial charge in [-0.15, -0.1) is 12.4 Å². The van der Waals surface area contributed by atoms with Crippen LogP contribution >= 0.6 is 12.4 Å². The van der Waals surface area contributed by atoms with Crippen LogP contribution in [0.1, 0.15) is 46.3 Å². The lowest BCUT2D eigenvalue weighted by Crippen LogP contribution is -2.42. The molecule has 0 bridgehead atoms. The van der Waals surface area contributed by atoms with Crippen molar-refractivity contribution < 1.29 is 9.59 Å². The van der Waals surface area contributed by atoms with Crippen molar-refractivity contribution in [3.8, 4) is 0 Å². The third-order valence-corrected chi connectivity index (χ3v) is 3.06. The average molecular weight is 335 g/mol. The van der Waals surface area contributed by atoms with Gasteiger partial charge in [0.1, 0.15) is 5.69 Å². The molecule has 23 heavy (non-hydrogen) atoms. The second-order valence-corrected chi connectivity index (χ2v) is 4.76. The minimum atomic E-state index is -0.444. The third kappa shape index (κ3) is 5.67. The second kappa shape index (κ2) is 9.53. The van der Waals surface area contributed by atoms with Gasteiger partial charge in [0.25, 0.3) is 11.8 Å². The molecule has 0 atom stereocenters. The first-order valence-electron chi connectivity index (χ1n) is 7.17. The Labute approximate surface area is 141 Å². The molecule has 0 radical (unpaired) electrons. The first-order valence-corrected chi connectivity index (χ1v) is 7.17. The number of nitrogens with zero attached hydrogens (tertiary/aromatic N) is 2. The van der Waals surface area contributed by atoms with Gasteiger partial charge in [0.2, 0.25) is 0 Å². The van der Waals surface area contributed by atoms with E-state index in [1.807, 2.05) is 6.07 Å². The van der Waals surface area contributed by atoms with Crippen LogP contribution in [0.3, 0.4) is 0 Å². The number of carbonyl (C=O) groups is 2. The fraction of sp³-hybridized carbons (Fsp3) is 0.250. The van der Waals surface area contributed by atoms with E-state index in [2.05, 4.69) is 27.7 Å². The number of amides is 2. The standard InChI is InChI=1S/C16H18N4O2.ClH/c1-2-3-5-13-6-4-7-14(18-13)16(22)20-19-15(21)12-8-10-17-11-9-12;/h4,6-11H,2-3,5H2,1H3,(H,19,21)(H,20,22);1H. The van der Waals surface area contributed by atoms with Gasteiger partial charge in [-0.25, -0.2) is 4.98 Å². The van der Waals surface area contributed by atoms with Crippen LogP contribution in [0, 0.1) is 0 Å². The number of aryl methyl sites for hydroxylation is 1. The predicted molar refractivity (Wildman–Crippen MR) is 89.3 cm³/mol. The molecule has 2 N–H and O–H groups in total. The molecule has 122 valence electrons. The summed E-state index contributed by atoms with van der Waals surface area (Å²) in [6, 6.07) is 8.42. The first-order chi connectivity index (χ1) is 10.7. The van der Waals surface area contributed by atoms with Crippen molar-refractivity contribution in [1.82, 2.24) is 20.8 Å². The number of carbonyl (C=O) groups excluding carboxylic acids is 2. The van der Waals surface area contributed by atoms with Crippen molar-refractivity contribution in [2.75, 3.05) is 0 Å². The number of pyridine rings is 2. The van der Waals surface area contributed by atoms with Gasteiger partial charge in [-0.1, -0.05) is 19.4 Å². The van der Waals surface area contributed by atoms with E-state index in [1.165, 1.54) is 12.4 Å². The monoisotopic (exact) mass is 334 g/mol. The Bertz CT molecular complexity index is 650. The largest absolute Gasteiger partial charge is 0.288 e. The smallest absolute Gasteiger partial charge is 0.267 e. The summed E-state index contributed by atoms with van der Waals surface area (Å²) in [7, 11) is 0. The van der Waals surface area contributed by atoms with E-state index in [-0.39, 0.29) is 18.1 Å². The van der Waals surface area contributed by atoms with Crippen molar-refractivity contribution in [2.24, 2.45) is 0 Å². The molecule has 2 aromatic heterocycles. The van der Waals surface area contributed by atoms with Gasteiger partial charge in [-0.05, 0) is 37.1 Å². The van der Waals surface area contributed by atoms with Crippen LogP contribution in [0.4, 0.5) is 0 Å². The number of aromatic nitrogens is 2. The minimum absolute atomic E-state index is 0. The highest BCUT2D eigenvalue weighted by molar-refractivity contribution is 5.98. The van der Waals surface area contributed by atoms with Crippen LogP contribution < -0.4 is 10.9 Å². The van der Waals surface area contributed by atoms with E-state index in [1.54, 1.807) is 24.3 Å². The van der Waals surface area contributed by atoms with Crippen molar-refractivity contribution in [1.29, 1.82) is 0 Å². The molecule has 2 heterocycles. The van der Waals surface area contributed by atoms with Gasteiger partial charge in [0.05, 0.1) is 0 Å². The zero-order valence-electron chi connectivity index (χ0n) is 12.8. The maximum atomic E-state index is 12.0. The zero-order valence-corrected chi connectivity index (χ0v) is 13.6. The van der Waals surface area contributed by atoms with Crippen LogP contribution in [-0.2, 0) is 6.42 Å². The van der Waals surface area contributed by atoms with E-state index in [9.17, 15) is 9.59 Å². The van der Waals surface area contributed by atoms with E-state index < -0.39 is 11.8 Å². The molecule has 2 amide bonds. The molecule has 0 aliphatic heterocycles. The second-order valence-electron chi connectivity index (χ2n) is 4.76. The molecule has 0 aromatic carbocycles. The summed E-state index contributed by atoms with van der Waals surface area (Å²) in [6.07, 6.45) is 5.95.